The molecule has 0 spiro atoms. The Morgan fingerprint density at radius 2 is 1.85 bits per heavy atom. The smallest absolute Gasteiger partial charge is 0.337 e. The van der Waals surface area contributed by atoms with Crippen molar-refractivity contribution in [2.75, 3.05) is 7.11 Å². The Kier molecular flexibility index (Phi) is 6.77. The standard InChI is InChI=1S/C25H21Br2N3O4/c1-13-7-16(25(32)33-4)5-6-21(13)30-14(2)8-18(15(30)3)12-28-29-24(31)22-10-17-9-19(26)11-20(27)23(17)34-22/h5-12H,1-4H3,(H,29,31)/b28-12-. The van der Waals surface area contributed by atoms with E-state index in [1.54, 1.807) is 24.4 Å². The number of fused-ring (bicyclic) bond motifs is 1. The molecule has 2 heterocycles. The number of aryl methyl sites for hydroxylation is 2. The number of carbonyl (C=O) groups is 2. The molecule has 0 saturated heterocycles. The lowest BCUT2D eigenvalue weighted by Gasteiger charge is -2.13. The van der Waals surface area contributed by atoms with Gasteiger partial charge in [-0.05, 0) is 84.7 Å². The number of halogens is 2. The van der Waals surface area contributed by atoms with Crippen LogP contribution in [0.3, 0.4) is 0 Å². The molecule has 0 aliphatic heterocycles. The van der Waals surface area contributed by atoms with Crippen LogP contribution in [0.25, 0.3) is 16.7 Å². The van der Waals surface area contributed by atoms with Crippen LogP contribution in [-0.4, -0.2) is 29.8 Å². The zero-order chi connectivity index (χ0) is 24.6. The molecule has 0 bridgehead atoms. The maximum atomic E-state index is 12.5. The van der Waals surface area contributed by atoms with E-state index in [0.29, 0.717) is 11.1 Å². The van der Waals surface area contributed by atoms with E-state index in [9.17, 15) is 9.59 Å². The zero-order valence-corrected chi connectivity index (χ0v) is 22.1. The zero-order valence-electron chi connectivity index (χ0n) is 18.9. The number of nitrogens with zero attached hydrogens (tertiary/aromatic N) is 2. The van der Waals surface area contributed by atoms with Crippen molar-refractivity contribution in [2.24, 2.45) is 5.10 Å². The molecule has 4 aromatic rings. The molecule has 2 aromatic carbocycles. The van der Waals surface area contributed by atoms with Crippen molar-refractivity contribution in [1.82, 2.24) is 9.99 Å². The van der Waals surface area contributed by atoms with Crippen molar-refractivity contribution in [3.8, 4) is 5.69 Å². The quantitative estimate of drug-likeness (QED) is 0.171. The molecule has 0 saturated carbocycles. The molecular formula is C25H21Br2N3O4. The molecule has 0 unspecified atom stereocenters. The summed E-state index contributed by atoms with van der Waals surface area (Å²) < 4.78 is 14.2. The number of esters is 1. The van der Waals surface area contributed by atoms with Gasteiger partial charge in [-0.2, -0.15) is 5.10 Å². The van der Waals surface area contributed by atoms with E-state index in [2.05, 4.69) is 47.0 Å². The Hall–Kier alpha value is -3.17. The number of furan rings is 1. The lowest BCUT2D eigenvalue weighted by molar-refractivity contribution is 0.0600. The van der Waals surface area contributed by atoms with Gasteiger partial charge in [0.2, 0.25) is 0 Å². The number of ether oxygens (including phenoxy) is 1. The Morgan fingerprint density at radius 1 is 1.09 bits per heavy atom. The molecule has 1 amide bonds. The van der Waals surface area contributed by atoms with Gasteiger partial charge in [0.1, 0.15) is 5.58 Å². The summed E-state index contributed by atoms with van der Waals surface area (Å²) in [5.41, 5.74) is 8.29. The number of carbonyl (C=O) groups excluding carboxylic acids is 2. The normalized spacial score (nSPS) is 11.4. The fraction of sp³-hybridized carbons (Fsp3) is 0.160. The number of benzene rings is 2. The van der Waals surface area contributed by atoms with E-state index in [1.807, 2.05) is 45.0 Å². The molecule has 0 atom stereocenters. The maximum absolute atomic E-state index is 12.5. The van der Waals surface area contributed by atoms with E-state index in [4.69, 9.17) is 9.15 Å². The first kappa shape index (κ1) is 24.0. The van der Waals surface area contributed by atoms with Gasteiger partial charge in [-0.25, -0.2) is 10.2 Å². The second kappa shape index (κ2) is 9.60. The molecule has 34 heavy (non-hydrogen) atoms. The number of hydrazone groups is 1. The minimum absolute atomic E-state index is 0.165. The minimum atomic E-state index is -0.446. The Morgan fingerprint density at radius 3 is 2.56 bits per heavy atom. The molecule has 9 heteroatoms. The first-order valence-electron chi connectivity index (χ1n) is 10.3. The van der Waals surface area contributed by atoms with Crippen LogP contribution >= 0.6 is 31.9 Å². The Bertz CT molecular complexity index is 1470. The van der Waals surface area contributed by atoms with E-state index in [1.165, 1.54) is 7.11 Å². The fourth-order valence-electron chi connectivity index (χ4n) is 3.84. The van der Waals surface area contributed by atoms with E-state index < -0.39 is 5.91 Å². The highest BCUT2D eigenvalue weighted by atomic mass is 79.9. The van der Waals surface area contributed by atoms with Gasteiger partial charge in [-0.3, -0.25) is 4.79 Å². The van der Waals surface area contributed by atoms with Crippen LogP contribution in [-0.2, 0) is 4.74 Å². The molecule has 0 fully saturated rings. The lowest BCUT2D eigenvalue weighted by Crippen LogP contribution is -2.16. The van der Waals surface area contributed by atoms with E-state index >= 15 is 0 Å². The van der Waals surface area contributed by atoms with Crippen molar-refractivity contribution < 1.29 is 18.7 Å². The molecule has 174 valence electrons. The van der Waals surface area contributed by atoms with Crippen LogP contribution < -0.4 is 5.43 Å². The third-order valence-electron chi connectivity index (χ3n) is 5.46. The second-order valence-corrected chi connectivity index (χ2v) is 9.54. The predicted molar refractivity (Wildman–Crippen MR) is 138 cm³/mol. The number of methoxy groups -OCH3 is 1. The van der Waals surface area contributed by atoms with Crippen molar-refractivity contribution >= 4 is 60.9 Å². The van der Waals surface area contributed by atoms with Crippen LogP contribution in [0.1, 0.15) is 43.4 Å². The summed E-state index contributed by atoms with van der Waals surface area (Å²) in [6.07, 6.45) is 1.60. The van der Waals surface area contributed by atoms with Crippen molar-refractivity contribution in [1.29, 1.82) is 0 Å². The third kappa shape index (κ3) is 4.58. The largest absolute Gasteiger partial charge is 0.465 e. The maximum Gasteiger partial charge on any atom is 0.337 e. The van der Waals surface area contributed by atoms with Crippen molar-refractivity contribution in [3.63, 3.8) is 0 Å². The summed E-state index contributed by atoms with van der Waals surface area (Å²) in [6, 6.07) is 12.8. The molecule has 2 aromatic heterocycles. The highest BCUT2D eigenvalue weighted by Gasteiger charge is 2.16. The van der Waals surface area contributed by atoms with Crippen LogP contribution in [0.4, 0.5) is 0 Å². The van der Waals surface area contributed by atoms with Gasteiger partial charge >= 0.3 is 11.9 Å². The number of nitrogens with one attached hydrogen (secondary N) is 1. The van der Waals surface area contributed by atoms with Crippen LogP contribution in [0.15, 0.2) is 60.9 Å². The lowest BCUT2D eigenvalue weighted by atomic mass is 10.1. The highest BCUT2D eigenvalue weighted by molar-refractivity contribution is 9.11. The summed E-state index contributed by atoms with van der Waals surface area (Å²) >= 11 is 6.87. The SMILES string of the molecule is COC(=O)c1ccc(-n2c(C)cc(/C=N\NC(=O)c3cc4cc(Br)cc(Br)c4o3)c2C)c(C)c1. The summed E-state index contributed by atoms with van der Waals surface area (Å²) in [5.74, 6) is -0.653. The van der Waals surface area contributed by atoms with Gasteiger partial charge in [0.05, 0.1) is 23.4 Å². The molecule has 7 nitrogen and oxygen atoms in total. The van der Waals surface area contributed by atoms with Crippen molar-refractivity contribution in [2.45, 2.75) is 20.8 Å². The molecule has 1 N–H and O–H groups in total. The average Bonchev–Trinajstić information content (AvgIpc) is 3.34. The van der Waals surface area contributed by atoms with Gasteiger partial charge in [0, 0.05) is 32.5 Å². The van der Waals surface area contributed by atoms with Gasteiger partial charge in [-0.1, -0.05) is 15.9 Å². The van der Waals surface area contributed by atoms with Gasteiger partial charge < -0.3 is 13.7 Å². The molecular weight excluding hydrogens is 566 g/mol. The van der Waals surface area contributed by atoms with E-state index in [0.717, 1.165) is 42.5 Å². The summed E-state index contributed by atoms with van der Waals surface area (Å²) in [7, 11) is 1.36. The molecule has 4 rings (SSSR count). The molecule has 0 aliphatic carbocycles. The number of amides is 1. The summed E-state index contributed by atoms with van der Waals surface area (Å²) in [5, 5.41) is 4.93. The third-order valence-corrected chi connectivity index (χ3v) is 6.51. The first-order valence-corrected chi connectivity index (χ1v) is 11.9. The topological polar surface area (TPSA) is 85.8 Å². The summed E-state index contributed by atoms with van der Waals surface area (Å²) in [4.78, 5) is 24.4. The summed E-state index contributed by atoms with van der Waals surface area (Å²) in [6.45, 7) is 5.90. The van der Waals surface area contributed by atoms with Gasteiger partial charge in [0.15, 0.2) is 5.76 Å². The minimum Gasteiger partial charge on any atom is -0.465 e. The van der Waals surface area contributed by atoms with Gasteiger partial charge in [0.25, 0.3) is 0 Å². The van der Waals surface area contributed by atoms with Gasteiger partial charge in [-0.15, -0.1) is 0 Å². The Labute approximate surface area is 213 Å². The Balaban J connectivity index is 1.55. The molecule has 0 aliphatic rings. The van der Waals surface area contributed by atoms with Crippen LogP contribution in [0.2, 0.25) is 0 Å². The van der Waals surface area contributed by atoms with Crippen LogP contribution in [0.5, 0.6) is 0 Å². The molecule has 0 radical (unpaired) electrons. The fourth-order valence-corrected chi connectivity index (χ4v) is 5.18. The number of hydrogen-bond acceptors (Lipinski definition) is 5. The number of hydrogen-bond donors (Lipinski definition) is 1. The first-order chi connectivity index (χ1) is 16.2. The van der Waals surface area contributed by atoms with E-state index in [-0.39, 0.29) is 11.7 Å². The monoisotopic (exact) mass is 585 g/mol. The highest BCUT2D eigenvalue weighted by Crippen LogP contribution is 2.31. The average molecular weight is 587 g/mol. The number of rotatable bonds is 5. The predicted octanol–water partition coefficient (Wildman–Crippen LogP) is 6.22. The number of aromatic nitrogens is 1. The second-order valence-electron chi connectivity index (χ2n) is 7.77. The van der Waals surface area contributed by atoms with Crippen molar-refractivity contribution in [3.05, 3.63) is 85.2 Å². The van der Waals surface area contributed by atoms with Crippen LogP contribution in [0, 0.1) is 20.8 Å².